The van der Waals surface area contributed by atoms with Gasteiger partial charge in [-0.15, -0.1) is 5.10 Å². The molecule has 1 aromatic heterocycles. The van der Waals surface area contributed by atoms with Crippen molar-refractivity contribution >= 4 is 5.91 Å². The highest BCUT2D eigenvalue weighted by Gasteiger charge is 2.33. The lowest BCUT2D eigenvalue weighted by molar-refractivity contribution is -0.0734. The van der Waals surface area contributed by atoms with Gasteiger partial charge in [-0.2, -0.15) is 0 Å². The van der Waals surface area contributed by atoms with E-state index in [1.165, 1.54) is 4.90 Å². The Labute approximate surface area is 134 Å². The number of likely N-dealkylation sites (N-methyl/N-ethyl adjacent to an activating group) is 1. The maximum atomic E-state index is 12.5. The van der Waals surface area contributed by atoms with E-state index >= 15 is 0 Å². The standard InChI is InChI=1S/C16H20N4O3/c1-19(12-16(22)7-9-23-10-8-16)15(21)14-11-20(18-17-14)13-5-3-2-4-6-13/h2-6,11,22H,7-10,12H2,1H3. The van der Waals surface area contributed by atoms with Crippen LogP contribution >= 0.6 is 0 Å². The van der Waals surface area contributed by atoms with Crippen LogP contribution in [0.15, 0.2) is 36.5 Å². The van der Waals surface area contributed by atoms with Gasteiger partial charge in [-0.3, -0.25) is 4.79 Å². The number of hydrogen-bond donors (Lipinski definition) is 1. The van der Waals surface area contributed by atoms with Gasteiger partial charge in [0.2, 0.25) is 0 Å². The molecule has 1 amide bonds. The van der Waals surface area contributed by atoms with Crippen molar-refractivity contribution in [2.45, 2.75) is 18.4 Å². The van der Waals surface area contributed by atoms with Crippen LogP contribution in [0.2, 0.25) is 0 Å². The van der Waals surface area contributed by atoms with Crippen LogP contribution in [0.3, 0.4) is 0 Å². The van der Waals surface area contributed by atoms with E-state index in [2.05, 4.69) is 10.3 Å². The van der Waals surface area contributed by atoms with Gasteiger partial charge in [-0.1, -0.05) is 23.4 Å². The van der Waals surface area contributed by atoms with Gasteiger partial charge in [-0.05, 0) is 12.1 Å². The third-order valence-electron chi connectivity index (χ3n) is 4.03. The molecule has 0 bridgehead atoms. The highest BCUT2D eigenvalue weighted by atomic mass is 16.5. The smallest absolute Gasteiger partial charge is 0.275 e. The van der Waals surface area contributed by atoms with E-state index in [0.29, 0.717) is 26.1 Å². The van der Waals surface area contributed by atoms with Gasteiger partial charge < -0.3 is 14.7 Å². The second-order valence-corrected chi connectivity index (χ2v) is 5.88. The quantitative estimate of drug-likeness (QED) is 0.906. The number of ether oxygens (including phenoxy) is 1. The predicted molar refractivity (Wildman–Crippen MR) is 83.3 cm³/mol. The number of aromatic nitrogens is 3. The molecule has 2 aromatic rings. The number of carbonyl (C=O) groups excluding carboxylic acids is 1. The molecule has 1 aromatic carbocycles. The van der Waals surface area contributed by atoms with Crippen molar-refractivity contribution in [3.63, 3.8) is 0 Å². The molecule has 7 heteroatoms. The molecule has 1 aliphatic heterocycles. The topological polar surface area (TPSA) is 80.5 Å². The SMILES string of the molecule is CN(CC1(O)CCOCC1)C(=O)c1cn(-c2ccccc2)nn1. The van der Waals surface area contributed by atoms with Crippen LogP contribution in [0.1, 0.15) is 23.3 Å². The molecule has 0 spiro atoms. The van der Waals surface area contributed by atoms with Crippen LogP contribution in [0.25, 0.3) is 5.69 Å². The normalized spacial score (nSPS) is 17.0. The van der Waals surface area contributed by atoms with Crippen LogP contribution in [0, 0.1) is 0 Å². The molecular weight excluding hydrogens is 296 g/mol. The lowest BCUT2D eigenvalue weighted by Crippen LogP contribution is -2.47. The molecule has 0 unspecified atom stereocenters. The number of carbonyl (C=O) groups is 1. The molecule has 23 heavy (non-hydrogen) atoms. The number of aliphatic hydroxyl groups is 1. The molecule has 3 rings (SSSR count). The van der Waals surface area contributed by atoms with Crippen molar-refractivity contribution in [3.8, 4) is 5.69 Å². The molecule has 1 fully saturated rings. The van der Waals surface area contributed by atoms with E-state index in [4.69, 9.17) is 4.74 Å². The molecule has 1 aliphatic rings. The van der Waals surface area contributed by atoms with E-state index in [9.17, 15) is 9.90 Å². The van der Waals surface area contributed by atoms with E-state index in [1.54, 1.807) is 17.9 Å². The largest absolute Gasteiger partial charge is 0.388 e. The van der Waals surface area contributed by atoms with E-state index in [0.717, 1.165) is 5.69 Å². The molecule has 2 heterocycles. The van der Waals surface area contributed by atoms with Gasteiger partial charge >= 0.3 is 0 Å². The minimum absolute atomic E-state index is 0.256. The van der Waals surface area contributed by atoms with Crippen molar-refractivity contribution in [2.24, 2.45) is 0 Å². The number of hydrogen-bond acceptors (Lipinski definition) is 5. The number of amides is 1. The summed E-state index contributed by atoms with van der Waals surface area (Å²) in [5.41, 5.74) is 0.203. The van der Waals surface area contributed by atoms with Gasteiger partial charge in [0.05, 0.1) is 17.5 Å². The summed E-state index contributed by atoms with van der Waals surface area (Å²) in [6.07, 6.45) is 2.66. The summed E-state index contributed by atoms with van der Waals surface area (Å²) in [7, 11) is 1.66. The maximum absolute atomic E-state index is 12.5. The third kappa shape index (κ3) is 3.57. The molecular formula is C16H20N4O3. The van der Waals surface area contributed by atoms with Crippen molar-refractivity contribution in [1.29, 1.82) is 0 Å². The van der Waals surface area contributed by atoms with E-state index in [1.807, 2.05) is 30.3 Å². The van der Waals surface area contributed by atoms with Crippen LogP contribution in [-0.2, 0) is 4.74 Å². The highest BCUT2D eigenvalue weighted by Crippen LogP contribution is 2.21. The fourth-order valence-corrected chi connectivity index (χ4v) is 2.69. The monoisotopic (exact) mass is 316 g/mol. The summed E-state index contributed by atoms with van der Waals surface area (Å²) in [5.74, 6) is -0.257. The van der Waals surface area contributed by atoms with Gasteiger partial charge in [0.25, 0.3) is 5.91 Å². The first-order chi connectivity index (χ1) is 11.1. The van der Waals surface area contributed by atoms with Crippen LogP contribution in [-0.4, -0.2) is 63.3 Å². The van der Waals surface area contributed by atoms with Crippen molar-refractivity contribution in [3.05, 3.63) is 42.2 Å². The minimum Gasteiger partial charge on any atom is -0.388 e. The van der Waals surface area contributed by atoms with Gasteiger partial charge in [0.15, 0.2) is 5.69 Å². The number of nitrogens with zero attached hydrogens (tertiary/aromatic N) is 4. The minimum atomic E-state index is -0.891. The van der Waals surface area contributed by atoms with Crippen LogP contribution in [0.5, 0.6) is 0 Å². The fraction of sp³-hybridized carbons (Fsp3) is 0.438. The summed E-state index contributed by atoms with van der Waals surface area (Å²) in [6, 6.07) is 9.47. The van der Waals surface area contributed by atoms with Crippen molar-refractivity contribution in [1.82, 2.24) is 19.9 Å². The molecule has 7 nitrogen and oxygen atoms in total. The van der Waals surface area contributed by atoms with Crippen molar-refractivity contribution in [2.75, 3.05) is 26.8 Å². The second kappa shape index (κ2) is 6.47. The van der Waals surface area contributed by atoms with E-state index in [-0.39, 0.29) is 18.1 Å². The molecule has 1 N–H and O–H groups in total. The summed E-state index contributed by atoms with van der Waals surface area (Å²) in [6.45, 7) is 1.29. The molecule has 0 radical (unpaired) electrons. The Bertz CT molecular complexity index is 665. The first kappa shape index (κ1) is 15.6. The molecule has 0 saturated carbocycles. The molecule has 1 saturated heterocycles. The fourth-order valence-electron chi connectivity index (χ4n) is 2.69. The van der Waals surface area contributed by atoms with Crippen molar-refractivity contribution < 1.29 is 14.6 Å². The predicted octanol–water partition coefficient (Wildman–Crippen LogP) is 0.881. The Hall–Kier alpha value is -2.25. The van der Waals surface area contributed by atoms with Crippen LogP contribution < -0.4 is 0 Å². The average molecular weight is 316 g/mol. The molecule has 0 aliphatic carbocycles. The summed E-state index contributed by atoms with van der Waals surface area (Å²) >= 11 is 0. The zero-order valence-corrected chi connectivity index (χ0v) is 13.1. The molecule has 122 valence electrons. The zero-order valence-electron chi connectivity index (χ0n) is 13.1. The third-order valence-corrected chi connectivity index (χ3v) is 4.03. The van der Waals surface area contributed by atoms with E-state index < -0.39 is 5.60 Å². The van der Waals surface area contributed by atoms with Crippen LogP contribution in [0.4, 0.5) is 0 Å². The van der Waals surface area contributed by atoms with Gasteiger partial charge in [0, 0.05) is 39.6 Å². The zero-order chi connectivity index (χ0) is 16.3. The number of rotatable bonds is 4. The second-order valence-electron chi connectivity index (χ2n) is 5.88. The first-order valence-corrected chi connectivity index (χ1v) is 7.61. The van der Waals surface area contributed by atoms with Gasteiger partial charge in [-0.25, -0.2) is 4.68 Å². The number of para-hydroxylation sites is 1. The highest BCUT2D eigenvalue weighted by molar-refractivity contribution is 5.91. The summed E-state index contributed by atoms with van der Waals surface area (Å²) < 4.78 is 6.81. The Morgan fingerprint density at radius 2 is 2.04 bits per heavy atom. The summed E-state index contributed by atoms with van der Waals surface area (Å²) in [5, 5.41) is 18.4. The lowest BCUT2D eigenvalue weighted by Gasteiger charge is -2.35. The Balaban J connectivity index is 1.69. The Kier molecular flexibility index (Phi) is 4.40. The Morgan fingerprint density at radius 1 is 1.35 bits per heavy atom. The maximum Gasteiger partial charge on any atom is 0.275 e. The average Bonchev–Trinajstić information content (AvgIpc) is 3.05. The summed E-state index contributed by atoms with van der Waals surface area (Å²) in [4.78, 5) is 14.0. The first-order valence-electron chi connectivity index (χ1n) is 7.61. The van der Waals surface area contributed by atoms with Gasteiger partial charge in [0.1, 0.15) is 0 Å². The Morgan fingerprint density at radius 3 is 2.74 bits per heavy atom. The lowest BCUT2D eigenvalue weighted by atomic mass is 9.94. The molecule has 0 atom stereocenters. The number of benzene rings is 1.